The third-order valence-corrected chi connectivity index (χ3v) is 8.58. The van der Waals surface area contributed by atoms with Crippen LogP contribution in [0.1, 0.15) is 38.2 Å². The number of anilines is 1. The van der Waals surface area contributed by atoms with Crippen molar-refractivity contribution in [1.82, 2.24) is 9.62 Å². The first-order valence-corrected chi connectivity index (χ1v) is 14.5. The molecule has 200 valence electrons. The maximum absolute atomic E-state index is 13.3. The van der Waals surface area contributed by atoms with Gasteiger partial charge in [0.2, 0.25) is 0 Å². The van der Waals surface area contributed by atoms with Crippen molar-refractivity contribution in [2.45, 2.75) is 54.0 Å². The molecule has 0 aliphatic carbocycles. The molecule has 1 amide bonds. The van der Waals surface area contributed by atoms with Crippen LogP contribution in [0.15, 0.2) is 46.2 Å². The first kappa shape index (κ1) is 29.4. The minimum absolute atomic E-state index is 0.0542. The van der Waals surface area contributed by atoms with Gasteiger partial charge in [0.05, 0.1) is 21.2 Å². The number of nitrogens with one attached hydrogen (secondary N) is 2. The maximum Gasteiger partial charge on any atom is 0.263 e. The van der Waals surface area contributed by atoms with E-state index in [1.165, 1.54) is 24.3 Å². The van der Waals surface area contributed by atoms with Gasteiger partial charge in [-0.1, -0.05) is 11.6 Å². The second kappa shape index (κ2) is 13.6. The molecule has 7 nitrogen and oxygen atoms in total. The number of carbonyl (C=O) groups is 1. The smallest absolute Gasteiger partial charge is 0.263 e. The van der Waals surface area contributed by atoms with Gasteiger partial charge in [-0.2, -0.15) is 5.26 Å². The fourth-order valence-electron chi connectivity index (χ4n) is 3.83. The van der Waals surface area contributed by atoms with E-state index in [0.29, 0.717) is 24.5 Å². The van der Waals surface area contributed by atoms with Gasteiger partial charge in [-0.3, -0.25) is 9.52 Å². The summed E-state index contributed by atoms with van der Waals surface area (Å²) in [6, 6.07) is 11.4. The van der Waals surface area contributed by atoms with E-state index in [1.54, 1.807) is 30.8 Å². The normalized spacial score (nSPS) is 19.2. The molecule has 1 heterocycles. The van der Waals surface area contributed by atoms with Crippen LogP contribution in [0.25, 0.3) is 0 Å². The van der Waals surface area contributed by atoms with Crippen LogP contribution in [-0.2, 0) is 20.5 Å². The summed E-state index contributed by atoms with van der Waals surface area (Å²) in [7, 11) is 2.05. The van der Waals surface area contributed by atoms with Gasteiger partial charge in [0.1, 0.15) is 17.5 Å². The highest BCUT2D eigenvalue weighted by molar-refractivity contribution is 7.99. The van der Waals surface area contributed by atoms with Crippen molar-refractivity contribution >= 4 is 45.9 Å². The number of thioether (sulfide) groups is 1. The standard InChI is InChI=1S/C26H32ClFN4O3S2/c1-26(11-4-5-13-35-26)25(33)31-37(34)22-14-18(16-29)24(23(27)15-22)30-20(10-12-32(2)3)17-36-21-8-6-19(28)7-9-21/h6-9,14-15,20,30H,4-5,10-13,17H2,1-3H3,(H,31,33). The Kier molecular flexibility index (Phi) is 10.8. The second-order valence-corrected chi connectivity index (χ2v) is 12.1. The molecule has 3 atom stereocenters. The molecule has 0 radical (unpaired) electrons. The zero-order valence-corrected chi connectivity index (χ0v) is 23.6. The molecule has 2 N–H and O–H groups in total. The average Bonchev–Trinajstić information content (AvgIpc) is 2.87. The number of carbonyl (C=O) groups excluding carboxylic acids is 1. The Morgan fingerprint density at radius 1 is 1.32 bits per heavy atom. The molecule has 3 rings (SSSR count). The van der Waals surface area contributed by atoms with E-state index >= 15 is 0 Å². The van der Waals surface area contributed by atoms with Crippen LogP contribution in [0.3, 0.4) is 0 Å². The number of hydrogen-bond donors (Lipinski definition) is 2. The highest BCUT2D eigenvalue weighted by atomic mass is 35.5. The lowest BCUT2D eigenvalue weighted by Gasteiger charge is -2.32. The number of nitriles is 1. The predicted molar refractivity (Wildman–Crippen MR) is 147 cm³/mol. The molecule has 37 heavy (non-hydrogen) atoms. The first-order valence-electron chi connectivity index (χ1n) is 12.0. The highest BCUT2D eigenvalue weighted by Gasteiger charge is 2.37. The van der Waals surface area contributed by atoms with Crippen molar-refractivity contribution in [3.8, 4) is 6.07 Å². The van der Waals surface area contributed by atoms with Crippen molar-refractivity contribution in [2.75, 3.05) is 38.3 Å². The van der Waals surface area contributed by atoms with E-state index in [1.807, 2.05) is 14.1 Å². The van der Waals surface area contributed by atoms with Gasteiger partial charge in [-0.15, -0.1) is 11.8 Å². The lowest BCUT2D eigenvalue weighted by Crippen LogP contribution is -2.48. The van der Waals surface area contributed by atoms with Gasteiger partial charge in [0.25, 0.3) is 5.91 Å². The number of amides is 1. The summed E-state index contributed by atoms with van der Waals surface area (Å²) in [5.41, 5.74) is -0.354. The van der Waals surface area contributed by atoms with Crippen molar-refractivity contribution in [3.63, 3.8) is 0 Å². The number of halogens is 2. The molecular formula is C26H32ClFN4O3S2. The fraction of sp³-hybridized carbons (Fsp3) is 0.462. The zero-order chi connectivity index (χ0) is 27.0. The molecule has 2 aromatic carbocycles. The third kappa shape index (κ3) is 8.42. The number of hydrogen-bond acceptors (Lipinski definition) is 7. The van der Waals surface area contributed by atoms with E-state index in [-0.39, 0.29) is 27.3 Å². The van der Waals surface area contributed by atoms with Gasteiger partial charge < -0.3 is 15.0 Å². The molecular weight excluding hydrogens is 535 g/mol. The molecule has 0 spiro atoms. The Labute approximate surface area is 229 Å². The lowest BCUT2D eigenvalue weighted by atomic mass is 9.95. The van der Waals surface area contributed by atoms with Gasteiger partial charge in [0.15, 0.2) is 11.0 Å². The Balaban J connectivity index is 1.75. The van der Waals surface area contributed by atoms with E-state index in [4.69, 9.17) is 16.3 Å². The van der Waals surface area contributed by atoms with Crippen LogP contribution in [0.4, 0.5) is 10.1 Å². The highest BCUT2D eigenvalue weighted by Crippen LogP contribution is 2.32. The fourth-order valence-corrected chi connectivity index (χ4v) is 6.09. The molecule has 0 bridgehead atoms. The van der Waals surface area contributed by atoms with Crippen LogP contribution in [-0.4, -0.2) is 59.7 Å². The summed E-state index contributed by atoms with van der Waals surface area (Å²) in [5, 5.41) is 13.5. The predicted octanol–water partition coefficient (Wildman–Crippen LogP) is 4.97. The zero-order valence-electron chi connectivity index (χ0n) is 21.2. The minimum atomic E-state index is -1.91. The molecule has 2 aromatic rings. The largest absolute Gasteiger partial charge is 0.379 e. The summed E-state index contributed by atoms with van der Waals surface area (Å²) in [4.78, 5) is 15.9. The van der Waals surface area contributed by atoms with E-state index in [9.17, 15) is 18.7 Å². The molecule has 11 heteroatoms. The van der Waals surface area contributed by atoms with Crippen LogP contribution in [0.5, 0.6) is 0 Å². The average molecular weight is 567 g/mol. The minimum Gasteiger partial charge on any atom is -0.379 e. The van der Waals surface area contributed by atoms with Gasteiger partial charge in [0, 0.05) is 23.3 Å². The summed E-state index contributed by atoms with van der Waals surface area (Å²) in [6.07, 6.45) is 3.06. The molecule has 1 aliphatic heterocycles. The Morgan fingerprint density at radius 2 is 2.05 bits per heavy atom. The van der Waals surface area contributed by atoms with Crippen LogP contribution in [0.2, 0.25) is 5.02 Å². The first-order chi connectivity index (χ1) is 17.6. The van der Waals surface area contributed by atoms with E-state index < -0.39 is 22.5 Å². The maximum atomic E-state index is 13.3. The van der Waals surface area contributed by atoms with E-state index in [0.717, 1.165) is 30.7 Å². The second-order valence-electron chi connectivity index (χ2n) is 9.37. The summed E-state index contributed by atoms with van der Waals surface area (Å²) < 4.78 is 34.4. The number of benzene rings is 2. The summed E-state index contributed by atoms with van der Waals surface area (Å²) in [6.45, 7) is 2.98. The molecule has 0 aromatic heterocycles. The van der Waals surface area contributed by atoms with Gasteiger partial charge in [-0.25, -0.2) is 8.60 Å². The summed E-state index contributed by atoms with van der Waals surface area (Å²) in [5.74, 6) is -0.0849. The monoisotopic (exact) mass is 566 g/mol. The van der Waals surface area contributed by atoms with Crippen LogP contribution >= 0.6 is 23.4 Å². The topological polar surface area (TPSA) is 94.5 Å². The van der Waals surface area contributed by atoms with Crippen LogP contribution in [0, 0.1) is 17.1 Å². The van der Waals surface area contributed by atoms with Gasteiger partial charge >= 0.3 is 0 Å². The Morgan fingerprint density at radius 3 is 2.68 bits per heavy atom. The number of nitrogens with zero attached hydrogens (tertiary/aromatic N) is 2. The molecule has 0 saturated carbocycles. The van der Waals surface area contributed by atoms with Gasteiger partial charge in [-0.05, 0) is 89.6 Å². The molecule has 3 unspecified atom stereocenters. The Hall–Kier alpha value is -2.16. The molecule has 1 aliphatic rings. The SMILES string of the molecule is CN(C)CCC(CSc1ccc(F)cc1)Nc1c(Cl)cc(S(=O)NC(=O)C2(C)CCCCO2)cc1C#N. The molecule has 1 fully saturated rings. The van der Waals surface area contributed by atoms with Crippen LogP contribution < -0.4 is 10.0 Å². The van der Waals surface area contributed by atoms with Crippen molar-refractivity contribution in [3.05, 3.63) is 52.8 Å². The Bertz CT molecular complexity index is 1150. The number of ether oxygens (including phenoxy) is 1. The lowest BCUT2D eigenvalue weighted by molar-refractivity contribution is -0.148. The summed E-state index contributed by atoms with van der Waals surface area (Å²) >= 11 is 8.14. The van der Waals surface area contributed by atoms with Crippen molar-refractivity contribution in [2.24, 2.45) is 0 Å². The third-order valence-electron chi connectivity index (χ3n) is 6.07. The van der Waals surface area contributed by atoms with Crippen molar-refractivity contribution < 1.29 is 18.1 Å². The quantitative estimate of drug-likeness (QED) is 0.371. The molecule has 1 saturated heterocycles. The van der Waals surface area contributed by atoms with E-state index in [2.05, 4.69) is 21.0 Å². The van der Waals surface area contributed by atoms with Crippen molar-refractivity contribution in [1.29, 1.82) is 5.26 Å². The number of rotatable bonds is 11.